The average molecular weight is 555 g/mol. The maximum absolute atomic E-state index is 14.2. The third-order valence-corrected chi connectivity index (χ3v) is 7.43. The third-order valence-electron chi connectivity index (χ3n) is 7.43. The Hall–Kier alpha value is -4.53. The van der Waals surface area contributed by atoms with E-state index in [4.69, 9.17) is 4.74 Å². The molecule has 1 aliphatic rings. The lowest BCUT2D eigenvalue weighted by atomic mass is 9.91. The van der Waals surface area contributed by atoms with Gasteiger partial charge in [0.1, 0.15) is 22.8 Å². The highest BCUT2D eigenvalue weighted by molar-refractivity contribution is 5.96. The Morgan fingerprint density at radius 3 is 2.29 bits per heavy atom. The Bertz CT molecular complexity index is 1520. The van der Waals surface area contributed by atoms with E-state index in [0.29, 0.717) is 43.5 Å². The van der Waals surface area contributed by atoms with Crippen molar-refractivity contribution in [2.75, 3.05) is 0 Å². The predicted octanol–water partition coefficient (Wildman–Crippen LogP) is 5.57. The first-order valence-electron chi connectivity index (χ1n) is 13.7. The first-order chi connectivity index (χ1) is 19.8. The molecule has 4 aromatic rings. The fourth-order valence-corrected chi connectivity index (χ4v) is 4.96. The number of nitrogens with zero attached hydrogens (tertiary/aromatic N) is 3. The van der Waals surface area contributed by atoms with E-state index in [2.05, 4.69) is 27.6 Å². The number of rotatable bonds is 8. The Balaban J connectivity index is 1.21. The van der Waals surface area contributed by atoms with E-state index in [-0.39, 0.29) is 29.4 Å². The number of nitrogens with one attached hydrogen (secondary N) is 2. The number of carbonyl (C=O) groups excluding carboxylic acids is 2. The molecule has 211 valence electrons. The molecule has 0 unspecified atom stereocenters. The summed E-state index contributed by atoms with van der Waals surface area (Å²) in [5.74, 6) is -0.772. The van der Waals surface area contributed by atoms with Gasteiger partial charge in [-0.25, -0.2) is 9.37 Å². The van der Waals surface area contributed by atoms with E-state index in [1.807, 2.05) is 49.4 Å². The van der Waals surface area contributed by atoms with Crippen molar-refractivity contribution in [1.29, 1.82) is 0 Å². The van der Waals surface area contributed by atoms with Gasteiger partial charge < -0.3 is 15.4 Å². The minimum absolute atomic E-state index is 0.00480. The quantitative estimate of drug-likeness (QED) is 0.297. The van der Waals surface area contributed by atoms with Crippen LogP contribution >= 0.6 is 0 Å². The number of hydrogen-bond acceptors (Lipinski definition) is 5. The number of aromatic nitrogens is 3. The van der Waals surface area contributed by atoms with Gasteiger partial charge in [-0.1, -0.05) is 36.4 Å². The number of aryl methyl sites for hydroxylation is 2. The molecule has 1 fully saturated rings. The molecule has 0 atom stereocenters. The zero-order chi connectivity index (χ0) is 28.9. The lowest BCUT2D eigenvalue weighted by Crippen LogP contribution is -2.44. The molecule has 0 saturated heterocycles. The zero-order valence-electron chi connectivity index (χ0n) is 23.2. The lowest BCUT2D eigenvalue weighted by molar-refractivity contribution is 0.0887. The van der Waals surface area contributed by atoms with Gasteiger partial charge >= 0.3 is 0 Å². The smallest absolute Gasteiger partial charge is 0.272 e. The van der Waals surface area contributed by atoms with Gasteiger partial charge in [-0.3, -0.25) is 14.3 Å². The summed E-state index contributed by atoms with van der Waals surface area (Å²) in [5.41, 5.74) is 4.42. The summed E-state index contributed by atoms with van der Waals surface area (Å²) >= 11 is 0. The van der Waals surface area contributed by atoms with Crippen LogP contribution in [0.1, 0.15) is 57.8 Å². The van der Waals surface area contributed by atoms with Crippen LogP contribution in [-0.4, -0.2) is 38.7 Å². The number of benzene rings is 2. The molecule has 0 bridgehead atoms. The summed E-state index contributed by atoms with van der Waals surface area (Å²) in [6, 6.07) is 18.3. The fourth-order valence-electron chi connectivity index (χ4n) is 4.96. The summed E-state index contributed by atoms with van der Waals surface area (Å²) in [6.07, 6.45) is 4.50. The molecule has 2 aromatic heterocycles. The van der Waals surface area contributed by atoms with Crippen LogP contribution in [0, 0.1) is 19.7 Å². The van der Waals surface area contributed by atoms with E-state index in [1.54, 1.807) is 23.9 Å². The second-order valence-corrected chi connectivity index (χ2v) is 10.4. The molecule has 0 spiro atoms. The van der Waals surface area contributed by atoms with Crippen molar-refractivity contribution in [3.63, 3.8) is 0 Å². The van der Waals surface area contributed by atoms with Crippen molar-refractivity contribution >= 4 is 11.8 Å². The number of pyridine rings is 1. The fraction of sp³-hybridized carbons (Fsp3) is 0.281. The van der Waals surface area contributed by atoms with E-state index in [1.165, 1.54) is 0 Å². The molecule has 2 aromatic carbocycles. The highest BCUT2D eigenvalue weighted by Gasteiger charge is 2.26. The Morgan fingerprint density at radius 1 is 0.976 bits per heavy atom. The van der Waals surface area contributed by atoms with Gasteiger partial charge in [0.25, 0.3) is 11.8 Å². The van der Waals surface area contributed by atoms with Gasteiger partial charge in [-0.2, -0.15) is 5.10 Å². The first kappa shape index (κ1) is 28.0. The zero-order valence-corrected chi connectivity index (χ0v) is 23.2. The van der Waals surface area contributed by atoms with Gasteiger partial charge in [0, 0.05) is 24.8 Å². The molecule has 0 aliphatic heterocycles. The number of hydrogen-bond donors (Lipinski definition) is 2. The van der Waals surface area contributed by atoms with Gasteiger partial charge in [0.2, 0.25) is 5.88 Å². The molecule has 1 aliphatic carbocycles. The van der Waals surface area contributed by atoms with Crippen molar-refractivity contribution in [3.8, 4) is 22.8 Å². The van der Waals surface area contributed by atoms with E-state index in [0.717, 1.165) is 34.6 Å². The lowest BCUT2D eigenvalue weighted by Gasteiger charge is -2.29. The van der Waals surface area contributed by atoms with E-state index < -0.39 is 11.7 Å². The molecule has 2 N–H and O–H groups in total. The maximum atomic E-state index is 14.2. The summed E-state index contributed by atoms with van der Waals surface area (Å²) in [4.78, 5) is 29.8. The summed E-state index contributed by atoms with van der Waals surface area (Å²) in [5, 5.41) is 10.3. The van der Waals surface area contributed by atoms with Crippen LogP contribution in [0.4, 0.5) is 4.39 Å². The summed E-state index contributed by atoms with van der Waals surface area (Å²) < 4.78 is 21.8. The normalized spacial score (nSPS) is 16.7. The third kappa shape index (κ3) is 6.80. The second kappa shape index (κ2) is 12.3. The molecule has 1 saturated carbocycles. The first-order valence-corrected chi connectivity index (χ1v) is 13.7. The minimum Gasteiger partial charge on any atom is -0.438 e. The number of amides is 2. The largest absolute Gasteiger partial charge is 0.438 e. The van der Waals surface area contributed by atoms with Crippen LogP contribution in [0.2, 0.25) is 0 Å². The van der Waals surface area contributed by atoms with Crippen LogP contribution in [-0.2, 0) is 13.5 Å². The molecule has 8 nitrogen and oxygen atoms in total. The minimum atomic E-state index is -0.627. The van der Waals surface area contributed by atoms with Gasteiger partial charge in [-0.05, 0) is 86.9 Å². The predicted molar refractivity (Wildman–Crippen MR) is 154 cm³/mol. The highest BCUT2D eigenvalue weighted by atomic mass is 19.1. The Kier molecular flexibility index (Phi) is 8.42. The van der Waals surface area contributed by atoms with Crippen molar-refractivity contribution in [2.24, 2.45) is 7.05 Å². The number of carbonyl (C=O) groups is 2. The standard InChI is InChI=1S/C32H33FN5O3/c1-4-21-8-10-22(11-9-21)23-6-5-7-27(17-23)41-32-28(18-24(33)19-34-32)30(39)35-25-12-14-26(15-13-25)36-31(40)29-16-20(2)38(3)37-29/h5-11,16-19,25-26H,1,4,12-15H2,2-3H3,(H,35,39)(H,36,40)/t25-,26-. The van der Waals surface area contributed by atoms with Crippen LogP contribution < -0.4 is 15.4 Å². The van der Waals surface area contributed by atoms with Crippen molar-refractivity contribution in [2.45, 2.75) is 51.1 Å². The molecular weight excluding hydrogens is 521 g/mol. The van der Waals surface area contributed by atoms with Crippen LogP contribution in [0.15, 0.2) is 66.9 Å². The van der Waals surface area contributed by atoms with Gasteiger partial charge in [0.05, 0.1) is 6.20 Å². The molecule has 5 rings (SSSR count). The van der Waals surface area contributed by atoms with Crippen molar-refractivity contribution < 1.29 is 18.7 Å². The Morgan fingerprint density at radius 2 is 1.66 bits per heavy atom. The monoisotopic (exact) mass is 554 g/mol. The molecular formula is C32H33FN5O3. The van der Waals surface area contributed by atoms with Crippen molar-refractivity contribution in [1.82, 2.24) is 25.4 Å². The number of halogens is 1. The van der Waals surface area contributed by atoms with Crippen LogP contribution in [0.25, 0.3) is 11.1 Å². The molecule has 9 heteroatoms. The summed E-state index contributed by atoms with van der Waals surface area (Å²) in [6.45, 7) is 5.80. The second-order valence-electron chi connectivity index (χ2n) is 10.4. The van der Waals surface area contributed by atoms with E-state index in [9.17, 15) is 14.0 Å². The molecule has 1 radical (unpaired) electrons. The SMILES string of the molecule is [CH2]Cc1ccc(-c2cccc(Oc3ncc(F)cc3C(=O)N[C@H]3CC[C@H](NC(=O)c4cc(C)n(C)n4)CC3)c2)cc1. The van der Waals surface area contributed by atoms with Crippen LogP contribution in [0.5, 0.6) is 11.6 Å². The maximum Gasteiger partial charge on any atom is 0.272 e. The molecule has 2 amide bonds. The number of ether oxygens (including phenoxy) is 1. The molecule has 2 heterocycles. The molecule has 41 heavy (non-hydrogen) atoms. The average Bonchev–Trinajstić information content (AvgIpc) is 3.33. The topological polar surface area (TPSA) is 98.1 Å². The van der Waals surface area contributed by atoms with Crippen molar-refractivity contribution in [3.05, 3.63) is 102 Å². The van der Waals surface area contributed by atoms with Gasteiger partial charge in [0.15, 0.2) is 0 Å². The van der Waals surface area contributed by atoms with Crippen LogP contribution in [0.3, 0.4) is 0 Å². The Labute approximate surface area is 239 Å². The van der Waals surface area contributed by atoms with Gasteiger partial charge in [-0.15, -0.1) is 0 Å². The highest BCUT2D eigenvalue weighted by Crippen LogP contribution is 2.29. The summed E-state index contributed by atoms with van der Waals surface area (Å²) in [7, 11) is 1.80. The van der Waals surface area contributed by atoms with E-state index >= 15 is 0 Å².